The summed E-state index contributed by atoms with van der Waals surface area (Å²) in [5.41, 5.74) is 1.10. The number of amides is 4. The summed E-state index contributed by atoms with van der Waals surface area (Å²) >= 11 is 6.10. The fraction of sp³-hybridized carbons (Fsp3) is 0.143. The molecule has 0 spiro atoms. The molecule has 1 aliphatic rings. The van der Waals surface area contributed by atoms with E-state index in [1.165, 1.54) is 37.5 Å². The van der Waals surface area contributed by atoms with Gasteiger partial charge in [0, 0.05) is 5.02 Å². The molecule has 0 bridgehead atoms. The number of carbonyl (C=O) groups is 4. The first-order valence-corrected chi connectivity index (χ1v) is 9.29. The molecule has 0 aliphatic carbocycles. The van der Waals surface area contributed by atoms with Gasteiger partial charge in [0.1, 0.15) is 5.57 Å². The SMILES string of the molecule is COc1cc(C=C2C(=O)NC(=O)N(c3ccc(C)c(Cl)c3)C2=O)ccc1OCC(=O)O. The number of ether oxygens (including phenoxy) is 2. The topological polar surface area (TPSA) is 122 Å². The molecule has 2 aromatic carbocycles. The van der Waals surface area contributed by atoms with Crippen molar-refractivity contribution in [1.29, 1.82) is 0 Å². The molecule has 0 atom stereocenters. The van der Waals surface area contributed by atoms with E-state index in [0.717, 1.165) is 10.5 Å². The van der Waals surface area contributed by atoms with Crippen molar-refractivity contribution < 1.29 is 33.8 Å². The Morgan fingerprint density at radius 3 is 2.55 bits per heavy atom. The molecule has 0 unspecified atom stereocenters. The van der Waals surface area contributed by atoms with E-state index in [4.69, 9.17) is 26.2 Å². The van der Waals surface area contributed by atoms with Crippen LogP contribution in [0.3, 0.4) is 0 Å². The molecule has 0 radical (unpaired) electrons. The summed E-state index contributed by atoms with van der Waals surface area (Å²) in [7, 11) is 1.36. The van der Waals surface area contributed by atoms with Crippen LogP contribution in [0.5, 0.6) is 11.5 Å². The van der Waals surface area contributed by atoms with Gasteiger partial charge >= 0.3 is 12.0 Å². The second-order valence-electron chi connectivity index (χ2n) is 6.48. The number of carboxylic acids is 1. The van der Waals surface area contributed by atoms with Crippen LogP contribution in [0.4, 0.5) is 10.5 Å². The number of urea groups is 1. The average Bonchev–Trinajstić information content (AvgIpc) is 2.72. The largest absolute Gasteiger partial charge is 0.493 e. The molecule has 10 heteroatoms. The van der Waals surface area contributed by atoms with Crippen molar-refractivity contribution in [3.05, 3.63) is 58.1 Å². The Morgan fingerprint density at radius 1 is 1.16 bits per heavy atom. The number of imide groups is 2. The van der Waals surface area contributed by atoms with Crippen LogP contribution < -0.4 is 19.7 Å². The first-order chi connectivity index (χ1) is 14.7. The van der Waals surface area contributed by atoms with E-state index in [2.05, 4.69) is 5.32 Å². The molecule has 4 amide bonds. The van der Waals surface area contributed by atoms with E-state index in [1.54, 1.807) is 19.1 Å². The first kappa shape index (κ1) is 21.8. The van der Waals surface area contributed by atoms with Gasteiger partial charge in [0.15, 0.2) is 18.1 Å². The second kappa shape index (κ2) is 8.88. The molecule has 3 rings (SSSR count). The summed E-state index contributed by atoms with van der Waals surface area (Å²) in [4.78, 5) is 49.1. The number of hydrogen-bond acceptors (Lipinski definition) is 6. The van der Waals surface area contributed by atoms with Crippen molar-refractivity contribution in [3.63, 3.8) is 0 Å². The third kappa shape index (κ3) is 4.67. The van der Waals surface area contributed by atoms with Gasteiger partial charge in [-0.25, -0.2) is 14.5 Å². The molecule has 0 aromatic heterocycles. The summed E-state index contributed by atoms with van der Waals surface area (Å²) in [6.45, 7) is 1.21. The molecule has 1 aliphatic heterocycles. The summed E-state index contributed by atoms with van der Waals surface area (Å²) in [6.07, 6.45) is 1.29. The van der Waals surface area contributed by atoms with E-state index in [1.807, 2.05) is 0 Å². The molecule has 1 heterocycles. The van der Waals surface area contributed by atoms with Crippen molar-refractivity contribution in [2.75, 3.05) is 18.6 Å². The molecule has 1 saturated heterocycles. The highest BCUT2D eigenvalue weighted by atomic mass is 35.5. The highest BCUT2D eigenvalue weighted by Gasteiger charge is 2.37. The van der Waals surface area contributed by atoms with Gasteiger partial charge in [-0.05, 0) is 48.4 Å². The standard InChI is InChI=1S/C21H17ClN2O7/c1-11-3-5-13(9-15(11)22)24-20(28)14(19(27)23-21(24)29)7-12-4-6-16(17(8-12)30-2)31-10-18(25)26/h3-9H,10H2,1-2H3,(H,25,26)(H,23,27,29). The van der Waals surface area contributed by atoms with Crippen LogP contribution in [0.15, 0.2) is 42.0 Å². The second-order valence-corrected chi connectivity index (χ2v) is 6.89. The van der Waals surface area contributed by atoms with E-state index >= 15 is 0 Å². The molecule has 31 heavy (non-hydrogen) atoms. The zero-order valence-electron chi connectivity index (χ0n) is 16.5. The zero-order valence-corrected chi connectivity index (χ0v) is 17.2. The Hall–Kier alpha value is -3.85. The monoisotopic (exact) mass is 444 g/mol. The number of aliphatic carboxylic acids is 1. The summed E-state index contributed by atoms with van der Waals surface area (Å²) in [5, 5.41) is 11.2. The van der Waals surface area contributed by atoms with Gasteiger partial charge in [-0.3, -0.25) is 14.9 Å². The lowest BCUT2D eigenvalue weighted by molar-refractivity contribution is -0.139. The number of rotatable bonds is 6. The van der Waals surface area contributed by atoms with Crippen LogP contribution in [-0.4, -0.2) is 42.6 Å². The maximum absolute atomic E-state index is 13.0. The molecular formula is C21H17ClN2O7. The van der Waals surface area contributed by atoms with Gasteiger partial charge in [0.05, 0.1) is 12.8 Å². The summed E-state index contributed by atoms with van der Waals surface area (Å²) < 4.78 is 10.3. The fourth-order valence-corrected chi connectivity index (χ4v) is 2.99. The highest BCUT2D eigenvalue weighted by Crippen LogP contribution is 2.30. The quantitative estimate of drug-likeness (QED) is 0.518. The number of nitrogens with zero attached hydrogens (tertiary/aromatic N) is 1. The molecule has 2 N–H and O–H groups in total. The van der Waals surface area contributed by atoms with Gasteiger partial charge in [-0.1, -0.05) is 23.7 Å². The van der Waals surface area contributed by atoms with Crippen molar-refractivity contribution in [2.45, 2.75) is 6.92 Å². The Labute approximate surface area is 181 Å². The smallest absolute Gasteiger partial charge is 0.341 e. The van der Waals surface area contributed by atoms with Crippen molar-refractivity contribution >= 4 is 47.2 Å². The van der Waals surface area contributed by atoms with Crippen LogP contribution >= 0.6 is 11.6 Å². The molecule has 2 aromatic rings. The summed E-state index contributed by atoms with van der Waals surface area (Å²) in [6, 6.07) is 8.19. The minimum atomic E-state index is -1.15. The minimum Gasteiger partial charge on any atom is -0.493 e. The third-order valence-corrected chi connectivity index (χ3v) is 4.77. The average molecular weight is 445 g/mol. The summed E-state index contributed by atoms with van der Waals surface area (Å²) in [5.74, 6) is -2.44. The number of carboxylic acid groups (broad SMARTS) is 1. The lowest BCUT2D eigenvalue weighted by atomic mass is 10.1. The zero-order chi connectivity index (χ0) is 22.7. The Kier molecular flexibility index (Phi) is 6.26. The lowest BCUT2D eigenvalue weighted by Gasteiger charge is -2.26. The van der Waals surface area contributed by atoms with Gasteiger partial charge in [0.25, 0.3) is 11.8 Å². The number of benzene rings is 2. The van der Waals surface area contributed by atoms with Crippen molar-refractivity contribution in [2.24, 2.45) is 0 Å². The number of aryl methyl sites for hydroxylation is 1. The van der Waals surface area contributed by atoms with Gasteiger partial charge < -0.3 is 14.6 Å². The Morgan fingerprint density at radius 2 is 1.90 bits per heavy atom. The first-order valence-electron chi connectivity index (χ1n) is 8.91. The van der Waals surface area contributed by atoms with Crippen LogP contribution in [0.2, 0.25) is 5.02 Å². The molecule has 1 fully saturated rings. The van der Waals surface area contributed by atoms with Crippen molar-refractivity contribution in [1.82, 2.24) is 5.32 Å². The lowest BCUT2D eigenvalue weighted by Crippen LogP contribution is -2.54. The minimum absolute atomic E-state index is 0.178. The third-order valence-electron chi connectivity index (χ3n) is 4.37. The molecule has 9 nitrogen and oxygen atoms in total. The number of halogens is 1. The maximum atomic E-state index is 13.0. The van der Waals surface area contributed by atoms with E-state index < -0.39 is 30.4 Å². The molecular weight excluding hydrogens is 428 g/mol. The Bertz CT molecular complexity index is 1130. The molecule has 160 valence electrons. The molecule has 0 saturated carbocycles. The number of nitrogens with one attached hydrogen (secondary N) is 1. The van der Waals surface area contributed by atoms with Crippen LogP contribution in [0.25, 0.3) is 6.08 Å². The number of hydrogen-bond donors (Lipinski definition) is 2. The number of anilines is 1. The predicted octanol–water partition coefficient (Wildman–Crippen LogP) is 2.79. The van der Waals surface area contributed by atoms with Gasteiger partial charge in [-0.2, -0.15) is 0 Å². The number of barbiturate groups is 1. The normalized spacial score (nSPS) is 15.1. The van der Waals surface area contributed by atoms with Gasteiger partial charge in [-0.15, -0.1) is 0 Å². The van der Waals surface area contributed by atoms with Crippen LogP contribution in [0, 0.1) is 6.92 Å². The highest BCUT2D eigenvalue weighted by molar-refractivity contribution is 6.39. The predicted molar refractivity (Wildman–Crippen MR) is 111 cm³/mol. The van der Waals surface area contributed by atoms with Crippen LogP contribution in [0.1, 0.15) is 11.1 Å². The van der Waals surface area contributed by atoms with E-state index in [-0.39, 0.29) is 22.8 Å². The maximum Gasteiger partial charge on any atom is 0.341 e. The Balaban J connectivity index is 1.96. The number of carbonyl (C=O) groups excluding carboxylic acids is 3. The van der Waals surface area contributed by atoms with Gasteiger partial charge in [0.2, 0.25) is 0 Å². The van der Waals surface area contributed by atoms with Crippen LogP contribution in [-0.2, 0) is 14.4 Å². The van der Waals surface area contributed by atoms with E-state index in [0.29, 0.717) is 10.6 Å². The van der Waals surface area contributed by atoms with E-state index in [9.17, 15) is 19.2 Å². The number of methoxy groups -OCH3 is 1. The van der Waals surface area contributed by atoms with Crippen molar-refractivity contribution in [3.8, 4) is 11.5 Å². The fourth-order valence-electron chi connectivity index (χ4n) is 2.81.